The zero-order valence-electron chi connectivity index (χ0n) is 29.2. The van der Waals surface area contributed by atoms with Gasteiger partial charge in [-0.25, -0.2) is 4.98 Å². The van der Waals surface area contributed by atoms with Crippen LogP contribution in [0.25, 0.3) is 75.8 Å². The quantitative estimate of drug-likeness (QED) is 0.172. The van der Waals surface area contributed by atoms with E-state index in [1.165, 1.54) is 30.9 Å². The highest BCUT2D eigenvalue weighted by Crippen LogP contribution is 2.45. The predicted octanol–water partition coefficient (Wildman–Crippen LogP) is 13.6. The molecule has 0 atom stereocenters. The lowest BCUT2D eigenvalue weighted by Crippen LogP contribution is -2.10. The molecule has 0 aliphatic carbocycles. The Bertz CT molecular complexity index is 3150. The van der Waals surface area contributed by atoms with E-state index in [1.807, 2.05) is 17.4 Å². The topological polar surface area (TPSA) is 26.0 Å². The van der Waals surface area contributed by atoms with Gasteiger partial charge < -0.3 is 9.47 Å². The molecule has 0 fully saturated rings. The molecular formula is C49H32N4S. The summed E-state index contributed by atoms with van der Waals surface area (Å²) < 4.78 is 7.28. The van der Waals surface area contributed by atoms with Crippen LogP contribution < -0.4 is 4.90 Å². The molecule has 4 nitrogen and oxygen atoms in total. The van der Waals surface area contributed by atoms with Gasteiger partial charge in [-0.1, -0.05) is 103 Å². The van der Waals surface area contributed by atoms with Crippen molar-refractivity contribution in [3.8, 4) is 22.8 Å². The second-order valence-electron chi connectivity index (χ2n) is 13.6. The third-order valence-electron chi connectivity index (χ3n) is 10.5. The minimum absolute atomic E-state index is 0.931. The monoisotopic (exact) mass is 708 g/mol. The van der Waals surface area contributed by atoms with Gasteiger partial charge in [-0.15, -0.1) is 11.3 Å². The summed E-state index contributed by atoms with van der Waals surface area (Å²) in [5, 5.41) is 5.00. The summed E-state index contributed by atoms with van der Waals surface area (Å²) in [6.07, 6.45) is 0. The number of hydrogen-bond donors (Lipinski definition) is 0. The standard InChI is InChI=1S/C49H32N4S/c1-3-14-33(15-4-1)49-50-41-20-9-11-22-43(41)53(49)36-28-26-35(27-29-36)52-42-21-10-7-19-39(42)48-44(23-13-24-45(48)52)51(34-16-5-2-6-17-34)37-30-31-47-40(32-37)38-18-8-12-25-46(38)54-47/h1-32H. The van der Waals surface area contributed by atoms with Crippen LogP contribution in [0, 0.1) is 0 Å². The van der Waals surface area contributed by atoms with Gasteiger partial charge in [0.2, 0.25) is 0 Å². The van der Waals surface area contributed by atoms with Gasteiger partial charge in [0.15, 0.2) is 0 Å². The average Bonchev–Trinajstić information content (AvgIpc) is 3.92. The molecule has 3 heterocycles. The SMILES string of the molecule is c1ccc(-c2nc3ccccc3n2-c2ccc(-n3c4ccccc4c4c(N(c5ccccc5)c5ccc6sc7ccccc7c6c5)cccc43)cc2)cc1. The summed E-state index contributed by atoms with van der Waals surface area (Å²) in [5.41, 5.74) is 11.0. The van der Waals surface area contributed by atoms with Crippen LogP contribution >= 0.6 is 11.3 Å². The number of anilines is 3. The molecule has 11 aromatic rings. The van der Waals surface area contributed by atoms with E-state index in [9.17, 15) is 0 Å². The van der Waals surface area contributed by atoms with Crippen LogP contribution in [0.3, 0.4) is 0 Å². The predicted molar refractivity (Wildman–Crippen MR) is 228 cm³/mol. The maximum Gasteiger partial charge on any atom is 0.145 e. The van der Waals surface area contributed by atoms with E-state index < -0.39 is 0 Å². The molecule has 0 saturated heterocycles. The third-order valence-corrected chi connectivity index (χ3v) is 11.7. The van der Waals surface area contributed by atoms with Crippen molar-refractivity contribution >= 4 is 81.4 Å². The van der Waals surface area contributed by atoms with E-state index in [0.29, 0.717) is 0 Å². The molecule has 5 heteroatoms. The van der Waals surface area contributed by atoms with Gasteiger partial charge in [-0.2, -0.15) is 0 Å². The summed E-state index contributed by atoms with van der Waals surface area (Å²) >= 11 is 1.85. The number of aromatic nitrogens is 3. The molecule has 0 radical (unpaired) electrons. The van der Waals surface area contributed by atoms with Gasteiger partial charge in [0.1, 0.15) is 5.82 Å². The Morgan fingerprint density at radius 1 is 0.426 bits per heavy atom. The van der Waals surface area contributed by atoms with Gasteiger partial charge in [-0.05, 0) is 91.0 Å². The van der Waals surface area contributed by atoms with Gasteiger partial charge in [0.25, 0.3) is 0 Å². The van der Waals surface area contributed by atoms with Crippen molar-refractivity contribution in [1.82, 2.24) is 14.1 Å². The van der Waals surface area contributed by atoms with Crippen molar-refractivity contribution in [2.75, 3.05) is 4.90 Å². The van der Waals surface area contributed by atoms with E-state index in [4.69, 9.17) is 4.98 Å². The number of nitrogens with zero attached hydrogens (tertiary/aromatic N) is 4. The largest absolute Gasteiger partial charge is 0.310 e. The molecule has 11 rings (SSSR count). The molecule has 8 aromatic carbocycles. The van der Waals surface area contributed by atoms with Crippen molar-refractivity contribution in [2.24, 2.45) is 0 Å². The average molecular weight is 709 g/mol. The summed E-state index contributed by atoms with van der Waals surface area (Å²) in [7, 11) is 0. The molecule has 3 aromatic heterocycles. The number of thiophene rings is 1. The maximum atomic E-state index is 5.07. The summed E-state index contributed by atoms with van der Waals surface area (Å²) in [6.45, 7) is 0. The van der Waals surface area contributed by atoms with Crippen LogP contribution in [-0.2, 0) is 0 Å². The Morgan fingerprint density at radius 2 is 1.06 bits per heavy atom. The molecule has 0 amide bonds. The maximum absolute atomic E-state index is 5.07. The Balaban J connectivity index is 1.10. The summed E-state index contributed by atoms with van der Waals surface area (Å²) in [5.74, 6) is 0.931. The first-order valence-electron chi connectivity index (χ1n) is 18.2. The van der Waals surface area contributed by atoms with Gasteiger partial charge in [0, 0.05) is 59.3 Å². The van der Waals surface area contributed by atoms with Crippen LogP contribution in [0.1, 0.15) is 0 Å². The lowest BCUT2D eigenvalue weighted by atomic mass is 10.1. The first-order valence-corrected chi connectivity index (χ1v) is 19.0. The zero-order chi connectivity index (χ0) is 35.6. The number of imidazole rings is 1. The van der Waals surface area contributed by atoms with Crippen molar-refractivity contribution in [3.05, 3.63) is 194 Å². The number of rotatable bonds is 6. The normalized spacial score (nSPS) is 11.7. The second kappa shape index (κ2) is 12.3. The molecule has 0 bridgehead atoms. The van der Waals surface area contributed by atoms with Crippen molar-refractivity contribution in [2.45, 2.75) is 0 Å². The van der Waals surface area contributed by atoms with Crippen molar-refractivity contribution in [3.63, 3.8) is 0 Å². The Hall–Kier alpha value is -6.95. The molecular weight excluding hydrogens is 677 g/mol. The van der Waals surface area contributed by atoms with Crippen LogP contribution in [0.5, 0.6) is 0 Å². The van der Waals surface area contributed by atoms with E-state index in [1.54, 1.807) is 0 Å². The summed E-state index contributed by atoms with van der Waals surface area (Å²) in [6, 6.07) is 69.6. The van der Waals surface area contributed by atoms with E-state index in [-0.39, 0.29) is 0 Å². The van der Waals surface area contributed by atoms with Crippen LogP contribution in [-0.4, -0.2) is 14.1 Å². The number of fused-ring (bicyclic) bond motifs is 7. The smallest absolute Gasteiger partial charge is 0.145 e. The minimum atomic E-state index is 0.931. The first kappa shape index (κ1) is 30.7. The minimum Gasteiger partial charge on any atom is -0.310 e. The molecule has 0 spiro atoms. The molecule has 254 valence electrons. The van der Waals surface area contributed by atoms with Crippen molar-refractivity contribution in [1.29, 1.82) is 0 Å². The second-order valence-corrected chi connectivity index (χ2v) is 14.7. The highest BCUT2D eigenvalue weighted by Gasteiger charge is 2.22. The third kappa shape index (κ3) is 4.79. The number of hydrogen-bond acceptors (Lipinski definition) is 3. The Morgan fingerprint density at radius 3 is 1.87 bits per heavy atom. The summed E-state index contributed by atoms with van der Waals surface area (Å²) in [4.78, 5) is 7.49. The fourth-order valence-corrected chi connectivity index (χ4v) is 9.23. The van der Waals surface area contributed by atoms with Crippen molar-refractivity contribution < 1.29 is 0 Å². The Labute approximate surface area is 316 Å². The van der Waals surface area contributed by atoms with Crippen LogP contribution in [0.4, 0.5) is 17.1 Å². The van der Waals surface area contributed by atoms with E-state index in [0.717, 1.165) is 61.9 Å². The molecule has 0 aliphatic rings. The highest BCUT2D eigenvalue weighted by atomic mass is 32.1. The van der Waals surface area contributed by atoms with Gasteiger partial charge in [0.05, 0.1) is 27.8 Å². The van der Waals surface area contributed by atoms with E-state index in [2.05, 4.69) is 202 Å². The molecule has 0 aliphatic heterocycles. The van der Waals surface area contributed by atoms with Gasteiger partial charge >= 0.3 is 0 Å². The lowest BCUT2D eigenvalue weighted by Gasteiger charge is -2.26. The van der Waals surface area contributed by atoms with E-state index >= 15 is 0 Å². The number of benzene rings is 8. The molecule has 0 N–H and O–H groups in total. The van der Waals surface area contributed by atoms with Gasteiger partial charge in [-0.3, -0.25) is 4.57 Å². The molecule has 0 unspecified atom stereocenters. The van der Waals surface area contributed by atoms with Crippen LogP contribution in [0.15, 0.2) is 194 Å². The fourth-order valence-electron chi connectivity index (χ4n) is 8.14. The van der Waals surface area contributed by atoms with Crippen LogP contribution in [0.2, 0.25) is 0 Å². The fraction of sp³-hybridized carbons (Fsp3) is 0. The zero-order valence-corrected chi connectivity index (χ0v) is 30.0. The highest BCUT2D eigenvalue weighted by molar-refractivity contribution is 7.25. The molecule has 54 heavy (non-hydrogen) atoms. The number of para-hydroxylation sites is 4. The molecule has 0 saturated carbocycles. The lowest BCUT2D eigenvalue weighted by molar-refractivity contribution is 1.09. The Kier molecular flexibility index (Phi) is 7.00. The first-order chi connectivity index (χ1) is 26.8.